The number of carbonyl (C=O) groups is 1. The first kappa shape index (κ1) is 16.1. The molecule has 0 aliphatic carbocycles. The van der Waals surface area contributed by atoms with Crippen molar-refractivity contribution >= 4 is 21.9 Å². The van der Waals surface area contributed by atoms with Gasteiger partial charge in [-0.3, -0.25) is 9.05 Å². The zero-order chi connectivity index (χ0) is 17.6. The first-order valence-electron chi connectivity index (χ1n) is 5.59. The minimum absolute atomic E-state index is 0.274. The van der Waals surface area contributed by atoms with E-state index in [0.717, 1.165) is 0 Å². The molecule has 7 N–H and O–H groups in total. The molecule has 0 aromatic carbocycles. The normalized spacial score (nSPS) is 25.2. The van der Waals surface area contributed by atoms with E-state index in [4.69, 9.17) is 17.8 Å². The van der Waals surface area contributed by atoms with Gasteiger partial charge in [0.15, 0.2) is 12.4 Å². The summed E-state index contributed by atoms with van der Waals surface area (Å²) in [5.74, 6) is 0. The Morgan fingerprint density at radius 3 is 2.05 bits per heavy atom. The summed E-state index contributed by atoms with van der Waals surface area (Å²) in [6, 6.07) is 0. The summed E-state index contributed by atoms with van der Waals surface area (Å²) in [6.45, 7) is -1.09. The Hall–Kier alpha value is -0.230. The van der Waals surface area contributed by atoms with Crippen LogP contribution in [0.3, 0.4) is 0 Å². The molecule has 2 unspecified atom stereocenters. The van der Waals surface area contributed by atoms with Gasteiger partial charge in [0, 0.05) is 0 Å². The topological polar surface area (TPSA) is 211 Å². The van der Waals surface area contributed by atoms with Gasteiger partial charge < -0.3 is 39.7 Å². The number of phosphoric ester groups is 2. The highest BCUT2D eigenvalue weighted by molar-refractivity contribution is 7.46. The van der Waals surface area contributed by atoms with Crippen LogP contribution in [-0.2, 0) is 23.0 Å². The maximum atomic E-state index is 11.2. The number of carbonyl (C=O) groups excluding carboxylic acids is 1. The highest BCUT2D eigenvalue weighted by atomic mass is 31.2. The second-order valence-corrected chi connectivity index (χ2v) is 5.75. The Labute approximate surface area is 115 Å². The Bertz CT molecular complexity index is 447. The van der Waals surface area contributed by atoms with Gasteiger partial charge in [-0.1, -0.05) is 0 Å². The number of phosphoric acid groups is 2. The zero-order valence-electron chi connectivity index (χ0n) is 11.6. The van der Waals surface area contributed by atoms with Gasteiger partial charge in [0.2, 0.25) is 2.86 Å². The van der Waals surface area contributed by atoms with E-state index in [1.54, 1.807) is 0 Å². The van der Waals surface area contributed by atoms with Crippen LogP contribution in [0.1, 0.15) is 0 Å². The number of hydrogen-bond acceptors (Lipinski definition) is 10. The van der Waals surface area contributed by atoms with Crippen LogP contribution >= 0.6 is 15.6 Å². The van der Waals surface area contributed by atoms with Gasteiger partial charge in [-0.2, -0.15) is 0 Å². The predicted octanol–water partition coefficient (Wildman–Crippen LogP) is -3.14. The van der Waals surface area contributed by atoms with Crippen LogP contribution in [-0.4, -0.2) is 75.1 Å². The molecule has 0 saturated heterocycles. The van der Waals surface area contributed by atoms with E-state index in [1.807, 2.05) is 0 Å². The van der Waals surface area contributed by atoms with E-state index < -0.39 is 46.7 Å². The summed E-state index contributed by atoms with van der Waals surface area (Å²) in [7, 11) is -10.3. The average Bonchev–Trinajstić information content (AvgIpc) is 2.49. The number of aliphatic hydroxyl groups is 3. The van der Waals surface area contributed by atoms with Crippen molar-refractivity contribution < 1.29 is 57.9 Å². The Morgan fingerprint density at radius 2 is 1.65 bits per heavy atom. The quantitative estimate of drug-likeness (QED) is 0.147. The number of rotatable bonds is 11. The molecule has 0 fully saturated rings. The SMILES string of the molecule is [2H]OP(=O)(O)O[C@@H]([C@H](O)[C@H](O)CO)[C@H](C=O)OP(=O)(O)O[2H]. The van der Waals surface area contributed by atoms with Crippen LogP contribution in [0.2, 0.25) is 0 Å². The number of aldehydes is 1. The van der Waals surface area contributed by atoms with Gasteiger partial charge in [-0.15, -0.1) is 0 Å². The molecule has 12 nitrogen and oxygen atoms in total. The molecule has 0 aromatic rings. The van der Waals surface area contributed by atoms with Crippen LogP contribution in [0.15, 0.2) is 0 Å². The predicted molar refractivity (Wildman–Crippen MR) is 59.0 cm³/mol. The fourth-order valence-corrected chi connectivity index (χ4v) is 2.14. The van der Waals surface area contributed by atoms with Crippen molar-refractivity contribution in [3.63, 3.8) is 0 Å². The van der Waals surface area contributed by atoms with E-state index >= 15 is 0 Å². The Kier molecular flexibility index (Phi) is 6.20. The zero-order valence-corrected chi connectivity index (χ0v) is 11.4. The maximum Gasteiger partial charge on any atom is 0.470 e. The second-order valence-electron chi connectivity index (χ2n) is 3.45. The smallest absolute Gasteiger partial charge is 0.394 e. The standard InChI is InChI=1S/C6H14O12P2/c7-1-3(9)5(10)6(18-20(14,15)16)4(2-8)17-19(11,12)13/h2-7,9-10H,1H2,(H2,11,12,13)(H2,14,15,16)/t3-,4+,5-,6-/m1/s1/i/hD2. The van der Waals surface area contributed by atoms with E-state index in [9.17, 15) is 24.1 Å². The van der Waals surface area contributed by atoms with Gasteiger partial charge in [-0.05, 0) is 0 Å². The molecule has 20 heavy (non-hydrogen) atoms. The molecule has 0 heterocycles. The third-order valence-electron chi connectivity index (χ3n) is 1.89. The fraction of sp³-hybridized carbons (Fsp3) is 0.833. The second kappa shape index (κ2) is 7.69. The van der Waals surface area contributed by atoms with Crippen LogP contribution in [0.25, 0.3) is 0 Å². The summed E-state index contributed by atoms with van der Waals surface area (Å²) >= 11 is 0. The van der Waals surface area contributed by atoms with Crippen LogP contribution < -0.4 is 0 Å². The lowest BCUT2D eigenvalue weighted by Gasteiger charge is -2.29. The van der Waals surface area contributed by atoms with Crippen molar-refractivity contribution in [3.05, 3.63) is 0 Å². The van der Waals surface area contributed by atoms with E-state index in [-0.39, 0.29) is 6.29 Å². The Morgan fingerprint density at radius 1 is 1.15 bits per heavy atom. The molecule has 0 amide bonds. The number of aliphatic hydroxyl groups excluding tert-OH is 3. The van der Waals surface area contributed by atoms with Crippen LogP contribution in [0, 0.1) is 0 Å². The van der Waals surface area contributed by atoms with Crippen molar-refractivity contribution in [1.82, 2.24) is 0 Å². The van der Waals surface area contributed by atoms with Crippen molar-refractivity contribution in [1.29, 1.82) is 2.86 Å². The largest absolute Gasteiger partial charge is 0.470 e. The van der Waals surface area contributed by atoms with Crippen molar-refractivity contribution in [3.8, 4) is 0 Å². The molecule has 0 spiro atoms. The molecule has 14 heteroatoms. The van der Waals surface area contributed by atoms with Crippen molar-refractivity contribution in [2.24, 2.45) is 0 Å². The summed E-state index contributed by atoms with van der Waals surface area (Å²) in [4.78, 5) is 35.3. The van der Waals surface area contributed by atoms with Gasteiger partial charge >= 0.3 is 15.6 Å². The molecular formula is C6H14O12P2. The third-order valence-corrected chi connectivity index (χ3v) is 2.91. The molecule has 0 aromatic heterocycles. The lowest BCUT2D eigenvalue weighted by Crippen LogP contribution is -2.48. The van der Waals surface area contributed by atoms with Crippen LogP contribution in [0.5, 0.6) is 0 Å². The first-order chi connectivity index (χ1) is 10.0. The summed E-state index contributed by atoms with van der Waals surface area (Å²) in [5.41, 5.74) is 0. The van der Waals surface area contributed by atoms with Gasteiger partial charge in [0.05, 0.1) is 6.61 Å². The van der Waals surface area contributed by atoms with E-state index in [2.05, 4.69) is 18.8 Å². The van der Waals surface area contributed by atoms with Crippen LogP contribution in [0.4, 0.5) is 0 Å². The van der Waals surface area contributed by atoms with Gasteiger partial charge in [-0.25, -0.2) is 9.13 Å². The van der Waals surface area contributed by atoms with Crippen molar-refractivity contribution in [2.45, 2.75) is 24.4 Å². The van der Waals surface area contributed by atoms with E-state index in [0.29, 0.717) is 0 Å². The molecule has 6 atom stereocenters. The molecule has 0 bridgehead atoms. The monoisotopic (exact) mass is 342 g/mol. The Balaban J connectivity index is 5.47. The fourth-order valence-electron chi connectivity index (χ4n) is 1.11. The lowest BCUT2D eigenvalue weighted by molar-refractivity contribution is -0.133. The summed E-state index contributed by atoms with van der Waals surface area (Å²) < 4.78 is 43.1. The molecule has 0 aliphatic rings. The van der Waals surface area contributed by atoms with Gasteiger partial charge in [0.1, 0.15) is 18.3 Å². The average molecular weight is 342 g/mol. The van der Waals surface area contributed by atoms with E-state index in [1.165, 1.54) is 0 Å². The van der Waals surface area contributed by atoms with Crippen molar-refractivity contribution in [2.75, 3.05) is 6.61 Å². The molecule has 0 rings (SSSR count). The third kappa shape index (κ3) is 7.53. The molecule has 0 radical (unpaired) electrons. The maximum absolute atomic E-state index is 11.2. The molecule has 0 saturated carbocycles. The minimum Gasteiger partial charge on any atom is -0.394 e. The highest BCUT2D eigenvalue weighted by Gasteiger charge is 2.41. The molecular weight excluding hydrogens is 326 g/mol. The summed E-state index contributed by atoms with van der Waals surface area (Å²) in [5, 5.41) is 27.6. The number of hydrogen-bond donors (Lipinski definition) is 7. The highest BCUT2D eigenvalue weighted by Crippen LogP contribution is 2.43. The molecule has 120 valence electrons. The first-order valence-corrected chi connectivity index (χ1v) is 7.77. The molecule has 0 aliphatic heterocycles. The lowest BCUT2D eigenvalue weighted by atomic mass is 10.0. The van der Waals surface area contributed by atoms with Gasteiger partial charge in [0.25, 0.3) is 0 Å². The minimum atomic E-state index is -5.16. The summed E-state index contributed by atoms with van der Waals surface area (Å²) in [6.07, 6.45) is -9.19.